The molecule has 9 aromatic heterocycles. The van der Waals surface area contributed by atoms with Crippen LogP contribution in [0.5, 0.6) is 0 Å². The number of carbonyl (C=O) groups excluding carboxylic acids is 3. The average molecular weight is 1200 g/mol. The van der Waals surface area contributed by atoms with Crippen molar-refractivity contribution in [1.29, 1.82) is 0 Å². The molecular formula is C57H42F6N12O6S3. The van der Waals surface area contributed by atoms with Crippen LogP contribution in [0.4, 0.5) is 43.4 Å². The predicted octanol–water partition coefficient (Wildman–Crippen LogP) is 14.2. The highest BCUT2D eigenvalue weighted by atomic mass is 32.1. The van der Waals surface area contributed by atoms with E-state index >= 15 is 0 Å². The summed E-state index contributed by atoms with van der Waals surface area (Å²) in [6, 6.07) is 24.8. The van der Waals surface area contributed by atoms with Gasteiger partial charge in [0.15, 0.2) is 34.4 Å². The Morgan fingerprint density at radius 3 is 0.917 bits per heavy atom. The van der Waals surface area contributed by atoms with Crippen molar-refractivity contribution in [3.63, 3.8) is 0 Å². The Kier molecular flexibility index (Phi) is 17.3. The summed E-state index contributed by atoms with van der Waals surface area (Å²) in [4.78, 5) is 39.7. The molecule has 27 heteroatoms. The van der Waals surface area contributed by atoms with E-state index in [9.17, 15) is 40.7 Å². The lowest BCUT2D eigenvalue weighted by atomic mass is 10.1. The van der Waals surface area contributed by atoms with E-state index in [4.69, 9.17) is 13.6 Å². The molecule has 84 heavy (non-hydrogen) atoms. The zero-order valence-corrected chi connectivity index (χ0v) is 46.2. The molecule has 3 unspecified atom stereocenters. The van der Waals surface area contributed by atoms with Gasteiger partial charge in [-0.2, -0.15) is 15.3 Å². The summed E-state index contributed by atoms with van der Waals surface area (Å²) in [5.41, 5.74) is 1.16. The number of hydrogen-bond acceptors (Lipinski definition) is 15. The SMILES string of the molecule is CC(c1c(F)cccc1F)n1cc(NC(=O)c2cc(-c3cccs3)on2)cn1.CC(c1c(F)cccc1F)n1cc(NC(=O)c2cc(-c3cccs3)on2)cn1.CC(c1c(F)cccc1F)n1cc(NC(=O)c2cc(-c3cccs3)on2)cn1. The monoisotopic (exact) mass is 1200 g/mol. The minimum atomic E-state index is -0.690. The van der Waals surface area contributed by atoms with Crippen LogP contribution >= 0.6 is 34.0 Å². The Morgan fingerprint density at radius 1 is 0.417 bits per heavy atom. The first-order valence-corrected chi connectivity index (χ1v) is 27.6. The zero-order chi connectivity index (χ0) is 59.0. The van der Waals surface area contributed by atoms with E-state index in [2.05, 4.69) is 46.7 Å². The number of carbonyl (C=O) groups is 3. The highest BCUT2D eigenvalue weighted by molar-refractivity contribution is 7.14. The molecule has 0 spiro atoms. The number of benzene rings is 3. The molecule has 0 saturated carbocycles. The first-order valence-electron chi connectivity index (χ1n) is 25.0. The number of nitrogens with zero attached hydrogens (tertiary/aromatic N) is 9. The lowest BCUT2D eigenvalue weighted by Gasteiger charge is -2.14. The molecule has 0 aliphatic carbocycles. The first kappa shape index (κ1) is 57.3. The molecule has 0 aliphatic heterocycles. The van der Waals surface area contributed by atoms with Crippen molar-refractivity contribution < 1.29 is 54.3 Å². The quantitative estimate of drug-likeness (QED) is 0.0817. The number of nitrogens with one attached hydrogen (secondary N) is 3. The van der Waals surface area contributed by atoms with Gasteiger partial charge in [0.2, 0.25) is 0 Å². The Morgan fingerprint density at radius 2 is 0.679 bits per heavy atom. The van der Waals surface area contributed by atoms with E-state index in [1.54, 1.807) is 39.0 Å². The highest BCUT2D eigenvalue weighted by Crippen LogP contribution is 2.31. The molecule has 0 saturated heterocycles. The van der Waals surface area contributed by atoms with Gasteiger partial charge in [0.05, 0.1) is 68.4 Å². The molecule has 3 aromatic carbocycles. The van der Waals surface area contributed by atoms with Crippen molar-refractivity contribution >= 4 is 68.8 Å². The zero-order valence-electron chi connectivity index (χ0n) is 43.8. The smallest absolute Gasteiger partial charge is 0.277 e. The standard InChI is InChI=1S/3C19H14F2N4O2S/c3*1-11(18-13(20)4-2-5-14(18)21)25-10-12(9-22-25)23-19(26)15-8-16(27-24-15)17-6-3-7-28-17/h3*2-11H,1H3,(H,23,26). The third-order valence-electron chi connectivity index (χ3n) is 12.5. The van der Waals surface area contributed by atoms with E-state index in [0.717, 1.165) is 14.6 Å². The van der Waals surface area contributed by atoms with Crippen LogP contribution < -0.4 is 16.0 Å². The lowest BCUT2D eigenvalue weighted by molar-refractivity contribution is 0.101. The van der Waals surface area contributed by atoms with E-state index in [1.807, 2.05) is 52.5 Å². The Hall–Kier alpha value is -9.99. The third kappa shape index (κ3) is 13.0. The fraction of sp³-hybridized carbons (Fsp3) is 0.105. The third-order valence-corrected chi connectivity index (χ3v) is 15.2. The number of halogens is 6. The normalized spacial score (nSPS) is 12.1. The maximum Gasteiger partial charge on any atom is 0.277 e. The Balaban J connectivity index is 0.000000140. The average Bonchev–Trinajstić information content (AvgIpc) is 4.39. The highest BCUT2D eigenvalue weighted by Gasteiger charge is 2.24. The molecule has 426 valence electrons. The van der Waals surface area contributed by atoms with Crippen molar-refractivity contribution in [1.82, 2.24) is 44.8 Å². The summed E-state index contributed by atoms with van der Waals surface area (Å²) in [5, 5.41) is 37.2. The van der Waals surface area contributed by atoms with Gasteiger partial charge in [0.25, 0.3) is 17.7 Å². The molecular weight excluding hydrogens is 1160 g/mol. The summed E-state index contributed by atoms with van der Waals surface area (Å²) in [7, 11) is 0. The van der Waals surface area contributed by atoms with E-state index < -0.39 is 70.8 Å². The molecule has 18 nitrogen and oxygen atoms in total. The molecule has 0 aliphatic rings. The second-order valence-corrected chi connectivity index (χ2v) is 20.9. The summed E-state index contributed by atoms with van der Waals surface area (Å²) >= 11 is 4.42. The van der Waals surface area contributed by atoms with Gasteiger partial charge >= 0.3 is 0 Å². The molecule has 3 N–H and O–H groups in total. The number of hydrogen-bond donors (Lipinski definition) is 3. The maximum atomic E-state index is 14.0. The number of thiophene rings is 3. The molecule has 3 atom stereocenters. The van der Waals surface area contributed by atoms with Gasteiger partial charge < -0.3 is 29.5 Å². The van der Waals surface area contributed by atoms with Crippen LogP contribution in [-0.4, -0.2) is 62.5 Å². The number of amides is 3. The van der Waals surface area contributed by atoms with E-state index in [0.29, 0.717) is 34.3 Å². The Labute approximate surface area is 483 Å². The van der Waals surface area contributed by atoms with Gasteiger partial charge in [-0.1, -0.05) is 51.9 Å². The molecule has 12 aromatic rings. The van der Waals surface area contributed by atoms with Crippen molar-refractivity contribution in [3.8, 4) is 31.9 Å². The molecule has 9 heterocycles. The number of anilines is 3. The second kappa shape index (κ2) is 25.4. The van der Waals surface area contributed by atoms with Crippen LogP contribution in [0.25, 0.3) is 31.9 Å². The van der Waals surface area contributed by atoms with Crippen molar-refractivity contribution in [3.05, 3.63) is 231 Å². The fourth-order valence-electron chi connectivity index (χ4n) is 8.31. The van der Waals surface area contributed by atoms with Gasteiger partial charge in [-0.3, -0.25) is 28.4 Å². The largest absolute Gasteiger partial charge is 0.355 e. The number of rotatable bonds is 15. The molecule has 0 fully saturated rings. The van der Waals surface area contributed by atoms with Gasteiger partial charge in [0, 0.05) is 53.5 Å². The van der Waals surface area contributed by atoms with Crippen LogP contribution in [-0.2, 0) is 0 Å². The predicted molar refractivity (Wildman–Crippen MR) is 301 cm³/mol. The van der Waals surface area contributed by atoms with Crippen LogP contribution in [0.1, 0.15) is 87.1 Å². The van der Waals surface area contributed by atoms with Gasteiger partial charge in [0.1, 0.15) is 34.9 Å². The van der Waals surface area contributed by atoms with Crippen LogP contribution in [0.2, 0.25) is 0 Å². The Bertz CT molecular complexity index is 3730. The first-order chi connectivity index (χ1) is 40.6. The van der Waals surface area contributed by atoms with Crippen molar-refractivity contribution in [2.45, 2.75) is 38.9 Å². The van der Waals surface area contributed by atoms with Crippen LogP contribution in [0, 0.1) is 34.9 Å². The van der Waals surface area contributed by atoms with Crippen LogP contribution in [0.3, 0.4) is 0 Å². The number of aromatic nitrogens is 9. The molecule has 3 amide bonds. The lowest BCUT2D eigenvalue weighted by Crippen LogP contribution is -2.13. The van der Waals surface area contributed by atoms with E-state index in [-0.39, 0.29) is 33.8 Å². The fourth-order valence-corrected chi connectivity index (χ4v) is 10.3. The second-order valence-electron chi connectivity index (χ2n) is 18.1. The summed E-state index contributed by atoms with van der Waals surface area (Å²) in [6.45, 7) is 4.85. The van der Waals surface area contributed by atoms with E-state index in [1.165, 1.54) is 140 Å². The summed E-state index contributed by atoms with van der Waals surface area (Å²) in [5.74, 6) is -3.86. The molecule has 0 bridgehead atoms. The van der Waals surface area contributed by atoms with Crippen molar-refractivity contribution in [2.24, 2.45) is 0 Å². The minimum absolute atomic E-state index is 0.0967. The summed E-state index contributed by atoms with van der Waals surface area (Å²) < 4.78 is 104. The van der Waals surface area contributed by atoms with Gasteiger partial charge in [-0.05, 0) is 91.5 Å². The minimum Gasteiger partial charge on any atom is -0.355 e. The molecule has 0 radical (unpaired) electrons. The van der Waals surface area contributed by atoms with Crippen molar-refractivity contribution in [2.75, 3.05) is 16.0 Å². The van der Waals surface area contributed by atoms with Gasteiger partial charge in [-0.15, -0.1) is 34.0 Å². The van der Waals surface area contributed by atoms with Crippen LogP contribution in [0.15, 0.2) is 176 Å². The summed E-state index contributed by atoms with van der Waals surface area (Å²) in [6.07, 6.45) is 8.67. The van der Waals surface area contributed by atoms with Gasteiger partial charge in [-0.25, -0.2) is 26.3 Å². The topological polar surface area (TPSA) is 219 Å². The molecule has 12 rings (SSSR count). The maximum absolute atomic E-state index is 14.0.